The Morgan fingerprint density at radius 1 is 1.12 bits per heavy atom. The van der Waals surface area contributed by atoms with Gasteiger partial charge in [-0.25, -0.2) is 0 Å². The molecule has 5 nitrogen and oxygen atoms in total. The molecule has 0 aliphatic carbocycles. The highest BCUT2D eigenvalue weighted by Gasteiger charge is 2.42. The van der Waals surface area contributed by atoms with Crippen molar-refractivity contribution in [1.82, 2.24) is 4.90 Å². The first-order valence-electron chi connectivity index (χ1n) is 7.85. The predicted molar refractivity (Wildman–Crippen MR) is 93.9 cm³/mol. The number of aliphatic hydroxyl groups excluding tert-OH is 1. The molecule has 1 aromatic heterocycles. The van der Waals surface area contributed by atoms with Crippen LogP contribution in [0.1, 0.15) is 27.7 Å². The van der Waals surface area contributed by atoms with Crippen molar-refractivity contribution in [2.45, 2.75) is 6.04 Å². The van der Waals surface area contributed by atoms with Gasteiger partial charge < -0.3 is 14.4 Å². The summed E-state index contributed by atoms with van der Waals surface area (Å²) < 4.78 is 5.75. The van der Waals surface area contributed by atoms with Gasteiger partial charge in [-0.1, -0.05) is 35.9 Å². The van der Waals surface area contributed by atoms with Crippen LogP contribution in [-0.4, -0.2) is 29.1 Å². The summed E-state index contributed by atoms with van der Waals surface area (Å²) in [5.74, 6) is -0.376. The molecule has 0 saturated heterocycles. The van der Waals surface area contributed by atoms with Crippen molar-refractivity contribution < 1.29 is 14.3 Å². The quantitative estimate of drug-likeness (QED) is 0.784. The van der Waals surface area contributed by atoms with E-state index in [-0.39, 0.29) is 24.3 Å². The Bertz CT molecular complexity index is 1040. The number of carbonyl (C=O) groups is 1. The zero-order valence-corrected chi connectivity index (χ0v) is 13.9. The second-order valence-corrected chi connectivity index (χ2v) is 6.29. The minimum Gasteiger partial charge on any atom is -0.450 e. The molecule has 2 heterocycles. The summed E-state index contributed by atoms with van der Waals surface area (Å²) in [6, 6.07) is 13.2. The molecule has 1 atom stereocenters. The van der Waals surface area contributed by atoms with Crippen LogP contribution in [0.2, 0.25) is 5.02 Å². The first-order chi connectivity index (χ1) is 12.1. The lowest BCUT2D eigenvalue weighted by Crippen LogP contribution is -2.32. The molecule has 1 N–H and O–H groups in total. The molecule has 1 aliphatic heterocycles. The van der Waals surface area contributed by atoms with Crippen LogP contribution in [0.15, 0.2) is 57.7 Å². The van der Waals surface area contributed by atoms with E-state index in [1.54, 1.807) is 48.5 Å². The maximum Gasteiger partial charge on any atom is 0.290 e. The van der Waals surface area contributed by atoms with Crippen LogP contribution in [0.4, 0.5) is 0 Å². The van der Waals surface area contributed by atoms with E-state index in [2.05, 4.69) is 0 Å². The van der Waals surface area contributed by atoms with E-state index in [0.717, 1.165) is 0 Å². The fourth-order valence-corrected chi connectivity index (χ4v) is 3.53. The highest BCUT2D eigenvalue weighted by Crippen LogP contribution is 2.38. The number of amides is 1. The molecule has 0 radical (unpaired) electrons. The number of hydrogen-bond acceptors (Lipinski definition) is 4. The number of fused-ring (bicyclic) bond motifs is 2. The second-order valence-electron chi connectivity index (χ2n) is 5.85. The Labute approximate surface area is 148 Å². The van der Waals surface area contributed by atoms with Gasteiger partial charge in [-0.05, 0) is 29.8 Å². The number of halogens is 1. The van der Waals surface area contributed by atoms with E-state index in [1.165, 1.54) is 4.90 Å². The molecular weight excluding hydrogens is 342 g/mol. The third-order valence-electron chi connectivity index (χ3n) is 4.38. The van der Waals surface area contributed by atoms with Gasteiger partial charge in [-0.2, -0.15) is 0 Å². The maximum absolute atomic E-state index is 13.0. The average Bonchev–Trinajstić information content (AvgIpc) is 2.89. The van der Waals surface area contributed by atoms with Gasteiger partial charge in [0.05, 0.1) is 23.6 Å². The minimum atomic E-state index is -0.630. The van der Waals surface area contributed by atoms with Gasteiger partial charge in [0.25, 0.3) is 5.91 Å². The summed E-state index contributed by atoms with van der Waals surface area (Å²) in [4.78, 5) is 27.3. The third kappa shape index (κ3) is 2.44. The Kier molecular flexibility index (Phi) is 3.82. The Morgan fingerprint density at radius 2 is 1.92 bits per heavy atom. The molecule has 0 unspecified atom stereocenters. The van der Waals surface area contributed by atoms with Crippen molar-refractivity contribution in [1.29, 1.82) is 0 Å². The number of carbonyl (C=O) groups excluding carboxylic acids is 1. The van der Waals surface area contributed by atoms with Gasteiger partial charge in [-0.15, -0.1) is 0 Å². The number of aliphatic hydroxyl groups is 1. The topological polar surface area (TPSA) is 70.8 Å². The van der Waals surface area contributed by atoms with E-state index in [4.69, 9.17) is 16.0 Å². The van der Waals surface area contributed by atoms with Crippen molar-refractivity contribution in [3.05, 3.63) is 80.7 Å². The van der Waals surface area contributed by atoms with Crippen molar-refractivity contribution >= 4 is 28.5 Å². The lowest BCUT2D eigenvalue weighted by molar-refractivity contribution is 0.0691. The van der Waals surface area contributed by atoms with E-state index in [9.17, 15) is 14.7 Å². The predicted octanol–water partition coefficient (Wildman–Crippen LogP) is 2.98. The SMILES string of the molecule is O=C1c2oc3ccccc3c(=O)c2[C@H](c2cccc(Cl)c2)N1CCO. The molecule has 0 fully saturated rings. The average molecular weight is 356 g/mol. The molecule has 25 heavy (non-hydrogen) atoms. The molecular formula is C19H14ClNO4. The van der Waals surface area contributed by atoms with Crippen LogP contribution >= 0.6 is 11.6 Å². The van der Waals surface area contributed by atoms with Gasteiger partial charge >= 0.3 is 0 Å². The number of nitrogens with zero attached hydrogens (tertiary/aromatic N) is 1. The number of β-amino-alcohol motifs (C(OH)–C–C–N with tert-alkyl or cyclic N) is 1. The summed E-state index contributed by atoms with van der Waals surface area (Å²) in [5.41, 5.74) is 1.13. The standard InChI is InChI=1S/C19H14ClNO4/c20-12-5-3-4-11(10-12)16-15-17(23)13-6-1-2-7-14(13)25-18(15)19(24)21(16)8-9-22/h1-7,10,16,22H,8-9H2/t16-/m0/s1. The first kappa shape index (κ1) is 15.9. The molecule has 126 valence electrons. The van der Waals surface area contributed by atoms with E-state index >= 15 is 0 Å². The summed E-state index contributed by atoms with van der Waals surface area (Å²) in [6.45, 7) is -0.125. The van der Waals surface area contributed by atoms with E-state index in [0.29, 0.717) is 27.1 Å². The lowest BCUT2D eigenvalue weighted by Gasteiger charge is -2.24. The Morgan fingerprint density at radius 3 is 2.68 bits per heavy atom. The van der Waals surface area contributed by atoms with Crippen molar-refractivity contribution in [3.63, 3.8) is 0 Å². The number of rotatable bonds is 3. The zero-order chi connectivity index (χ0) is 17.6. The number of hydrogen-bond donors (Lipinski definition) is 1. The Balaban J connectivity index is 2.02. The molecule has 0 spiro atoms. The van der Waals surface area contributed by atoms with Crippen LogP contribution in [0.3, 0.4) is 0 Å². The van der Waals surface area contributed by atoms with Crippen molar-refractivity contribution in [3.8, 4) is 0 Å². The van der Waals surface area contributed by atoms with Crippen LogP contribution in [0.5, 0.6) is 0 Å². The van der Waals surface area contributed by atoms with Gasteiger partial charge in [0.15, 0.2) is 5.43 Å². The molecule has 6 heteroatoms. The minimum absolute atomic E-state index is 0.0297. The van der Waals surface area contributed by atoms with Gasteiger partial charge in [-0.3, -0.25) is 9.59 Å². The highest BCUT2D eigenvalue weighted by molar-refractivity contribution is 6.30. The van der Waals surface area contributed by atoms with Crippen LogP contribution in [-0.2, 0) is 0 Å². The molecule has 1 aliphatic rings. The Hall–Kier alpha value is -2.63. The van der Waals surface area contributed by atoms with Gasteiger partial charge in [0, 0.05) is 11.6 Å². The fraction of sp³-hybridized carbons (Fsp3) is 0.158. The summed E-state index contributed by atoms with van der Waals surface area (Å²) in [6.07, 6.45) is 0. The molecule has 3 aromatic rings. The van der Waals surface area contributed by atoms with Crippen molar-refractivity contribution in [2.75, 3.05) is 13.2 Å². The van der Waals surface area contributed by atoms with Gasteiger partial charge in [0.2, 0.25) is 5.76 Å². The van der Waals surface area contributed by atoms with Crippen LogP contribution in [0.25, 0.3) is 11.0 Å². The fourth-order valence-electron chi connectivity index (χ4n) is 3.33. The largest absolute Gasteiger partial charge is 0.450 e. The number of benzene rings is 2. The van der Waals surface area contributed by atoms with Crippen LogP contribution < -0.4 is 5.43 Å². The lowest BCUT2D eigenvalue weighted by atomic mass is 9.98. The zero-order valence-electron chi connectivity index (χ0n) is 13.1. The summed E-state index contributed by atoms with van der Waals surface area (Å²) in [7, 11) is 0. The smallest absolute Gasteiger partial charge is 0.290 e. The highest BCUT2D eigenvalue weighted by atomic mass is 35.5. The second kappa shape index (κ2) is 6.02. The molecule has 1 amide bonds. The van der Waals surface area contributed by atoms with E-state index in [1.807, 2.05) is 0 Å². The summed E-state index contributed by atoms with van der Waals surface area (Å²) in [5, 5.41) is 10.3. The van der Waals surface area contributed by atoms with Gasteiger partial charge in [0.1, 0.15) is 5.58 Å². The monoisotopic (exact) mass is 355 g/mol. The number of para-hydroxylation sites is 1. The molecule has 4 rings (SSSR count). The maximum atomic E-state index is 13.0. The molecule has 0 saturated carbocycles. The summed E-state index contributed by atoms with van der Waals surface area (Å²) >= 11 is 6.09. The third-order valence-corrected chi connectivity index (χ3v) is 4.61. The normalized spacial score (nSPS) is 16.5. The van der Waals surface area contributed by atoms with E-state index < -0.39 is 11.9 Å². The van der Waals surface area contributed by atoms with Crippen molar-refractivity contribution in [2.24, 2.45) is 0 Å². The van der Waals surface area contributed by atoms with Crippen LogP contribution in [0, 0.1) is 0 Å². The first-order valence-corrected chi connectivity index (χ1v) is 8.22. The molecule has 0 bridgehead atoms. The molecule has 2 aromatic carbocycles.